The molecule has 22 heavy (non-hydrogen) atoms. The highest BCUT2D eigenvalue weighted by Gasteiger charge is 2.28. The smallest absolute Gasteiger partial charge is 0.133 e. The fraction of sp³-hybridized carbons (Fsp3) is 0.412. The third kappa shape index (κ3) is 3.33. The van der Waals surface area contributed by atoms with E-state index in [4.69, 9.17) is 21.3 Å². The molecule has 0 amide bonds. The molecule has 0 saturated heterocycles. The summed E-state index contributed by atoms with van der Waals surface area (Å²) in [4.78, 5) is 17.4. The highest BCUT2D eigenvalue weighted by Crippen LogP contribution is 2.36. The van der Waals surface area contributed by atoms with Gasteiger partial charge >= 0.3 is 0 Å². The van der Waals surface area contributed by atoms with E-state index in [0.29, 0.717) is 12.5 Å². The first-order valence-electron chi connectivity index (χ1n) is 7.45. The lowest BCUT2D eigenvalue weighted by Gasteiger charge is -2.05. The molecule has 0 radical (unpaired) electrons. The Kier molecular flexibility index (Phi) is 4.79. The molecule has 0 bridgehead atoms. The molecule has 0 spiro atoms. The van der Waals surface area contributed by atoms with Crippen molar-refractivity contribution in [1.29, 1.82) is 0 Å². The predicted molar refractivity (Wildman–Crippen MR) is 90.0 cm³/mol. The predicted octanol–water partition coefficient (Wildman–Crippen LogP) is 4.12. The number of carbonyl (C=O) groups excluding carboxylic acids is 1. The Hall–Kier alpha value is -1.39. The third-order valence-corrected chi connectivity index (χ3v) is 5.31. The molecular weight excluding hydrogens is 318 g/mol. The van der Waals surface area contributed by atoms with E-state index in [1.165, 1.54) is 4.88 Å². The molecule has 1 heterocycles. The number of alkyl halides is 1. The van der Waals surface area contributed by atoms with E-state index in [2.05, 4.69) is 0 Å². The van der Waals surface area contributed by atoms with Gasteiger partial charge in [0.2, 0.25) is 0 Å². The molecule has 1 aliphatic rings. The first-order chi connectivity index (χ1) is 10.7. The van der Waals surface area contributed by atoms with E-state index in [1.54, 1.807) is 18.3 Å². The summed E-state index contributed by atoms with van der Waals surface area (Å²) in [5, 5.41) is 1.03. The average molecular weight is 336 g/mol. The van der Waals surface area contributed by atoms with Crippen LogP contribution in [-0.4, -0.2) is 23.3 Å². The zero-order chi connectivity index (χ0) is 15.5. The van der Waals surface area contributed by atoms with Gasteiger partial charge in [-0.2, -0.15) is 0 Å². The van der Waals surface area contributed by atoms with Crippen molar-refractivity contribution in [3.63, 3.8) is 0 Å². The van der Waals surface area contributed by atoms with Crippen LogP contribution in [0.5, 0.6) is 5.75 Å². The third-order valence-electron chi connectivity index (χ3n) is 3.87. The van der Waals surface area contributed by atoms with Crippen molar-refractivity contribution in [3.05, 3.63) is 34.8 Å². The number of nitrogens with zero attached hydrogens (tertiary/aromatic N) is 1. The molecule has 1 aromatic heterocycles. The summed E-state index contributed by atoms with van der Waals surface area (Å²) in [6, 6.07) is 8.00. The van der Waals surface area contributed by atoms with E-state index in [1.807, 2.05) is 24.3 Å². The second-order valence-corrected chi connectivity index (χ2v) is 6.98. The number of rotatable bonds is 6. The largest absolute Gasteiger partial charge is 0.494 e. The van der Waals surface area contributed by atoms with Gasteiger partial charge < -0.3 is 4.74 Å². The van der Waals surface area contributed by atoms with Crippen LogP contribution in [0.4, 0.5) is 0 Å². The Morgan fingerprint density at radius 2 is 2.14 bits per heavy atom. The number of thiazole rings is 1. The van der Waals surface area contributed by atoms with Crippen LogP contribution in [0.15, 0.2) is 24.3 Å². The Balaban J connectivity index is 1.68. The van der Waals surface area contributed by atoms with Gasteiger partial charge in [-0.15, -0.1) is 22.9 Å². The van der Waals surface area contributed by atoms with E-state index in [0.717, 1.165) is 41.3 Å². The van der Waals surface area contributed by atoms with Crippen LogP contribution in [0.2, 0.25) is 0 Å². The lowest BCUT2D eigenvalue weighted by molar-refractivity contribution is -0.120. The second-order valence-electron chi connectivity index (χ2n) is 5.52. The van der Waals surface area contributed by atoms with Crippen LogP contribution >= 0.6 is 22.9 Å². The number of halogens is 1. The van der Waals surface area contributed by atoms with Crippen LogP contribution in [0.1, 0.15) is 23.9 Å². The summed E-state index contributed by atoms with van der Waals surface area (Å²) in [5.74, 6) is 1.88. The minimum Gasteiger partial charge on any atom is -0.494 e. The molecule has 3 rings (SSSR count). The number of hydrogen-bond donors (Lipinski definition) is 0. The van der Waals surface area contributed by atoms with Crippen LogP contribution in [0.3, 0.4) is 0 Å². The van der Waals surface area contributed by atoms with Crippen LogP contribution in [0, 0.1) is 5.92 Å². The zero-order valence-corrected chi connectivity index (χ0v) is 14.0. The number of aromatic nitrogens is 1. The SMILES string of the molecule is CC(=O)C1Cc2nc(-c3ccc(OCCCCl)cc3)sc2C1. The van der Waals surface area contributed by atoms with Gasteiger partial charge in [-0.1, -0.05) is 0 Å². The molecule has 1 aliphatic carbocycles. The molecule has 1 atom stereocenters. The number of Topliss-reactive ketones (excluding diaryl/α,β-unsaturated/α-hetero) is 1. The Labute approximate surface area is 139 Å². The molecule has 2 aromatic rings. The summed E-state index contributed by atoms with van der Waals surface area (Å²) in [6.07, 6.45) is 2.49. The monoisotopic (exact) mass is 335 g/mol. The highest BCUT2D eigenvalue weighted by atomic mass is 35.5. The molecule has 116 valence electrons. The molecular formula is C17H18ClNO2S. The summed E-state index contributed by atoms with van der Waals surface area (Å²) in [7, 11) is 0. The maximum atomic E-state index is 11.5. The van der Waals surface area contributed by atoms with E-state index >= 15 is 0 Å². The average Bonchev–Trinajstić information content (AvgIpc) is 3.07. The summed E-state index contributed by atoms with van der Waals surface area (Å²) < 4.78 is 5.60. The molecule has 1 unspecified atom stereocenters. The minimum atomic E-state index is 0.139. The number of fused-ring (bicyclic) bond motifs is 1. The van der Waals surface area contributed by atoms with E-state index < -0.39 is 0 Å². The van der Waals surface area contributed by atoms with Crippen molar-refractivity contribution < 1.29 is 9.53 Å². The van der Waals surface area contributed by atoms with Gasteiger partial charge in [-0.25, -0.2) is 4.98 Å². The number of benzene rings is 1. The fourth-order valence-electron chi connectivity index (χ4n) is 2.58. The summed E-state index contributed by atoms with van der Waals surface area (Å²) in [6.45, 7) is 2.31. The molecule has 1 aromatic carbocycles. The lowest BCUT2D eigenvalue weighted by Crippen LogP contribution is -2.10. The van der Waals surface area contributed by atoms with Gasteiger partial charge in [0.1, 0.15) is 16.5 Å². The number of hydrogen-bond acceptors (Lipinski definition) is 4. The standard InChI is InChI=1S/C17H18ClNO2S/c1-11(20)13-9-15-16(10-13)22-17(19-15)12-3-5-14(6-4-12)21-8-2-7-18/h3-6,13H,2,7-10H2,1H3. The van der Waals surface area contributed by atoms with Crippen molar-refractivity contribution in [1.82, 2.24) is 4.98 Å². The number of ketones is 1. The van der Waals surface area contributed by atoms with E-state index in [9.17, 15) is 4.79 Å². The van der Waals surface area contributed by atoms with Crippen LogP contribution in [-0.2, 0) is 17.6 Å². The number of ether oxygens (including phenoxy) is 1. The Morgan fingerprint density at radius 1 is 1.36 bits per heavy atom. The molecule has 0 N–H and O–H groups in total. The van der Waals surface area contributed by atoms with Gasteiger partial charge in [-0.3, -0.25) is 4.79 Å². The summed E-state index contributed by atoms with van der Waals surface area (Å²) in [5.41, 5.74) is 2.20. The molecule has 5 heteroatoms. The zero-order valence-electron chi connectivity index (χ0n) is 12.5. The van der Waals surface area contributed by atoms with Crippen LogP contribution < -0.4 is 4.74 Å². The maximum Gasteiger partial charge on any atom is 0.133 e. The van der Waals surface area contributed by atoms with Crippen molar-refractivity contribution in [3.8, 4) is 16.3 Å². The lowest BCUT2D eigenvalue weighted by atomic mass is 10.0. The van der Waals surface area contributed by atoms with Gasteiger partial charge in [0.15, 0.2) is 0 Å². The molecule has 0 aliphatic heterocycles. The first kappa shape index (κ1) is 15.5. The normalized spacial score (nSPS) is 16.5. The van der Waals surface area contributed by atoms with Gasteiger partial charge in [-0.05, 0) is 44.0 Å². The van der Waals surface area contributed by atoms with Crippen molar-refractivity contribution >= 4 is 28.7 Å². The van der Waals surface area contributed by atoms with Gasteiger partial charge in [0.25, 0.3) is 0 Å². The van der Waals surface area contributed by atoms with Crippen molar-refractivity contribution in [2.75, 3.05) is 12.5 Å². The van der Waals surface area contributed by atoms with E-state index in [-0.39, 0.29) is 11.7 Å². The van der Waals surface area contributed by atoms with Gasteiger partial charge in [0, 0.05) is 28.7 Å². The highest BCUT2D eigenvalue weighted by molar-refractivity contribution is 7.15. The fourth-order valence-corrected chi connectivity index (χ4v) is 3.86. The maximum absolute atomic E-state index is 11.5. The van der Waals surface area contributed by atoms with Crippen LogP contribution in [0.25, 0.3) is 10.6 Å². The Bertz CT molecular complexity index is 642. The van der Waals surface area contributed by atoms with Crippen molar-refractivity contribution in [2.24, 2.45) is 5.92 Å². The van der Waals surface area contributed by atoms with Crippen molar-refractivity contribution in [2.45, 2.75) is 26.2 Å². The van der Waals surface area contributed by atoms with Gasteiger partial charge in [0.05, 0.1) is 12.3 Å². The topological polar surface area (TPSA) is 39.2 Å². The quantitative estimate of drug-likeness (QED) is 0.588. The molecule has 0 fully saturated rings. The molecule has 0 saturated carbocycles. The second kappa shape index (κ2) is 6.80. The Morgan fingerprint density at radius 3 is 2.77 bits per heavy atom. The minimum absolute atomic E-state index is 0.139. The first-order valence-corrected chi connectivity index (χ1v) is 8.80. The number of carbonyl (C=O) groups is 1. The molecule has 3 nitrogen and oxygen atoms in total. The summed E-state index contributed by atoms with van der Waals surface area (Å²) >= 11 is 7.33.